The molecule has 2 saturated heterocycles. The van der Waals surface area contributed by atoms with Gasteiger partial charge in [0, 0.05) is 6.42 Å². The largest absolute Gasteiger partial charge is 0.394 e. The number of aliphatic hydroxyl groups excluding tert-OH is 8. The Hall–Kier alpha value is -2.57. The van der Waals surface area contributed by atoms with Gasteiger partial charge in [-0.2, -0.15) is 0 Å². The number of hydrogen-bond donors (Lipinski definition) is 9. The molecule has 14 heteroatoms. The molecule has 0 saturated carbocycles. The first-order chi connectivity index (χ1) is 49.6. The summed E-state index contributed by atoms with van der Waals surface area (Å²) in [5.74, 6) is -0.242. The van der Waals surface area contributed by atoms with E-state index in [0.29, 0.717) is 12.8 Å². The van der Waals surface area contributed by atoms with Gasteiger partial charge in [-0.25, -0.2) is 0 Å². The lowest BCUT2D eigenvalue weighted by atomic mass is 9.97. The fourth-order valence-corrected chi connectivity index (χ4v) is 14.0. The van der Waals surface area contributed by atoms with Crippen molar-refractivity contribution >= 4 is 5.91 Å². The highest BCUT2D eigenvalue weighted by molar-refractivity contribution is 5.76. The molecule has 0 radical (unpaired) electrons. The van der Waals surface area contributed by atoms with Crippen LogP contribution in [0.2, 0.25) is 0 Å². The summed E-state index contributed by atoms with van der Waals surface area (Å²) in [5.41, 5.74) is 0. The Kier molecular flexibility index (Phi) is 65.9. The maximum atomic E-state index is 13.4. The number of aliphatic hydroxyl groups is 8. The number of carbonyl (C=O) groups excluding carboxylic acids is 1. The average molecular weight is 1430 g/mol. The number of amides is 1. The number of allylic oxidation sites excluding steroid dienone is 11. The molecule has 12 atom stereocenters. The van der Waals surface area contributed by atoms with Crippen molar-refractivity contribution in [3.05, 3.63) is 72.9 Å². The molecular weight excluding hydrogens is 1270 g/mol. The minimum absolute atomic E-state index is 0.242. The van der Waals surface area contributed by atoms with Crippen molar-refractivity contribution in [1.29, 1.82) is 0 Å². The number of hydrogen-bond acceptors (Lipinski definition) is 13. The van der Waals surface area contributed by atoms with Crippen LogP contribution in [0, 0.1) is 0 Å². The molecular formula is C87H159NO13. The standard InChI is InChI=1S/C87H159NO13/c1-3-5-7-9-11-13-15-17-19-21-23-25-27-29-31-32-33-34-35-36-37-38-39-40-41-42-43-44-45-47-49-51-53-55-57-59-61-63-65-67-69-71-79(92)88-75(74-98-86-84(97)82(95)85(78(73-90)100-86)101-87-83(96)81(94)80(93)77(72-89)99-87)76(91)70-68-66-64-62-60-58-56-54-52-50-48-46-30-28-26-24-22-20-18-16-14-12-10-8-6-4-2/h5,7,11,13,17,19,23,25,60,62,68,70,75-78,80-87,89-91,93-97H,3-4,6,8-10,12,14-16,18,20-22,24,26-59,61,63-67,69,71-74H2,1-2H3,(H,88,92)/b7-5-,13-11-,19-17-,25-23-,62-60+,70-68+. The van der Waals surface area contributed by atoms with Crippen LogP contribution >= 0.6 is 0 Å². The van der Waals surface area contributed by atoms with Crippen LogP contribution in [0.3, 0.4) is 0 Å². The number of ether oxygens (including phenoxy) is 4. The number of nitrogens with one attached hydrogen (secondary N) is 1. The zero-order chi connectivity index (χ0) is 73.0. The second kappa shape index (κ2) is 70.4. The van der Waals surface area contributed by atoms with E-state index < -0.39 is 86.8 Å². The Bertz CT molecular complexity index is 1980. The highest BCUT2D eigenvalue weighted by Crippen LogP contribution is 2.30. The van der Waals surface area contributed by atoms with E-state index in [9.17, 15) is 45.6 Å². The molecule has 0 aromatic carbocycles. The topological polar surface area (TPSA) is 228 Å². The summed E-state index contributed by atoms with van der Waals surface area (Å²) in [6.45, 7) is 2.73. The maximum Gasteiger partial charge on any atom is 0.220 e. The predicted octanol–water partition coefficient (Wildman–Crippen LogP) is 20.1. The summed E-state index contributed by atoms with van der Waals surface area (Å²) in [5, 5.41) is 87.7. The molecule has 0 bridgehead atoms. The summed E-state index contributed by atoms with van der Waals surface area (Å²) in [6.07, 6.45) is 81.6. The number of unbranched alkanes of at least 4 members (excludes halogenated alkanes) is 49. The highest BCUT2D eigenvalue weighted by Gasteiger charge is 2.51. The summed E-state index contributed by atoms with van der Waals surface area (Å²) in [7, 11) is 0. The smallest absolute Gasteiger partial charge is 0.220 e. The van der Waals surface area contributed by atoms with Crippen LogP contribution in [-0.4, -0.2) is 140 Å². The van der Waals surface area contributed by atoms with E-state index in [-0.39, 0.29) is 18.9 Å². The van der Waals surface area contributed by atoms with E-state index in [0.717, 1.165) is 57.8 Å². The molecule has 0 spiro atoms. The molecule has 0 aromatic heterocycles. The summed E-state index contributed by atoms with van der Waals surface area (Å²) in [4.78, 5) is 13.4. The monoisotopic (exact) mass is 1430 g/mol. The minimum atomic E-state index is -1.79. The van der Waals surface area contributed by atoms with Gasteiger partial charge in [-0.15, -0.1) is 0 Å². The Morgan fingerprint density at radius 3 is 1.09 bits per heavy atom. The van der Waals surface area contributed by atoms with Crippen molar-refractivity contribution in [2.45, 2.75) is 453 Å². The molecule has 0 aromatic rings. The Balaban J connectivity index is 1.57. The fourth-order valence-electron chi connectivity index (χ4n) is 14.0. The van der Waals surface area contributed by atoms with E-state index in [4.69, 9.17) is 18.9 Å². The summed E-state index contributed by atoms with van der Waals surface area (Å²) in [6, 6.07) is -0.934. The third-order valence-electron chi connectivity index (χ3n) is 20.6. The van der Waals surface area contributed by atoms with Gasteiger partial charge < -0.3 is 65.1 Å². The quantitative estimate of drug-likeness (QED) is 0.0204. The van der Waals surface area contributed by atoms with Gasteiger partial charge in [0.1, 0.15) is 48.8 Å². The molecule has 1 amide bonds. The van der Waals surface area contributed by atoms with Gasteiger partial charge in [-0.1, -0.05) is 376 Å². The normalized spacial score (nSPS) is 22.1. The van der Waals surface area contributed by atoms with Gasteiger partial charge in [0.25, 0.3) is 0 Å². The lowest BCUT2D eigenvalue weighted by Gasteiger charge is -2.46. The van der Waals surface area contributed by atoms with Gasteiger partial charge in [0.2, 0.25) is 5.91 Å². The first kappa shape index (κ1) is 94.5. The highest BCUT2D eigenvalue weighted by atomic mass is 16.7. The van der Waals surface area contributed by atoms with E-state index in [1.54, 1.807) is 6.08 Å². The van der Waals surface area contributed by atoms with Crippen LogP contribution in [0.25, 0.3) is 0 Å². The first-order valence-electron chi connectivity index (χ1n) is 42.7. The molecule has 12 unspecified atom stereocenters. The third kappa shape index (κ3) is 53.0. The molecule has 101 heavy (non-hydrogen) atoms. The molecule has 2 fully saturated rings. The van der Waals surface area contributed by atoms with Crippen molar-refractivity contribution in [3.63, 3.8) is 0 Å². The van der Waals surface area contributed by atoms with Gasteiger partial charge >= 0.3 is 0 Å². The molecule has 2 aliphatic rings. The van der Waals surface area contributed by atoms with Gasteiger partial charge in [0.15, 0.2) is 12.6 Å². The Morgan fingerprint density at radius 2 is 0.693 bits per heavy atom. The van der Waals surface area contributed by atoms with Crippen LogP contribution in [0.5, 0.6) is 0 Å². The van der Waals surface area contributed by atoms with Crippen LogP contribution in [-0.2, 0) is 23.7 Å². The van der Waals surface area contributed by atoms with Crippen LogP contribution in [0.1, 0.15) is 380 Å². The second-order valence-corrected chi connectivity index (χ2v) is 29.9. The molecule has 590 valence electrons. The molecule has 2 rings (SSSR count). The molecule has 2 aliphatic heterocycles. The van der Waals surface area contributed by atoms with Crippen molar-refractivity contribution in [3.8, 4) is 0 Å². The van der Waals surface area contributed by atoms with Crippen molar-refractivity contribution in [2.75, 3.05) is 19.8 Å². The lowest BCUT2D eigenvalue weighted by Crippen LogP contribution is -2.65. The zero-order valence-corrected chi connectivity index (χ0v) is 64.9. The average Bonchev–Trinajstić information content (AvgIpc) is 0.792. The maximum absolute atomic E-state index is 13.4. The second-order valence-electron chi connectivity index (χ2n) is 29.9. The molecule has 0 aliphatic carbocycles. The van der Waals surface area contributed by atoms with Crippen LogP contribution in [0.15, 0.2) is 72.9 Å². The third-order valence-corrected chi connectivity index (χ3v) is 20.6. The van der Waals surface area contributed by atoms with Gasteiger partial charge in [0.05, 0.1) is 32.0 Å². The van der Waals surface area contributed by atoms with E-state index >= 15 is 0 Å². The summed E-state index contributed by atoms with van der Waals surface area (Å²) < 4.78 is 22.9. The van der Waals surface area contributed by atoms with Crippen molar-refractivity contribution < 1.29 is 64.6 Å². The predicted molar refractivity (Wildman–Crippen MR) is 420 cm³/mol. The molecule has 14 nitrogen and oxygen atoms in total. The SMILES string of the molecule is CC/C=C\C/C=C\C/C=C\C/C=C\CCCCCCCCCCCCCCCCCCCCCCCCCCCCCCC(=O)NC(COC1OC(CO)C(OC2OC(CO)C(O)C(O)C2O)C(O)C1O)C(O)/C=C/CC/C=C/CCCCCCCCCCCCCCCCCCCCCC. The van der Waals surface area contributed by atoms with Crippen molar-refractivity contribution in [2.24, 2.45) is 0 Å². The van der Waals surface area contributed by atoms with E-state index in [2.05, 4.69) is 79.9 Å². The van der Waals surface area contributed by atoms with Crippen LogP contribution in [0.4, 0.5) is 0 Å². The zero-order valence-electron chi connectivity index (χ0n) is 64.9. The van der Waals surface area contributed by atoms with Crippen molar-refractivity contribution in [1.82, 2.24) is 5.32 Å². The van der Waals surface area contributed by atoms with E-state index in [1.165, 1.54) is 289 Å². The molecule has 2 heterocycles. The molecule has 9 N–H and O–H groups in total. The van der Waals surface area contributed by atoms with Crippen LogP contribution < -0.4 is 5.32 Å². The lowest BCUT2D eigenvalue weighted by molar-refractivity contribution is -0.359. The summed E-state index contributed by atoms with van der Waals surface area (Å²) >= 11 is 0. The van der Waals surface area contributed by atoms with Gasteiger partial charge in [-0.05, 0) is 70.6 Å². The van der Waals surface area contributed by atoms with E-state index in [1.807, 2.05) is 6.08 Å². The first-order valence-corrected chi connectivity index (χ1v) is 42.7. The Morgan fingerprint density at radius 1 is 0.366 bits per heavy atom. The fraction of sp³-hybridized carbons (Fsp3) is 0.851. The number of carbonyl (C=O) groups is 1. The number of rotatable bonds is 72. The van der Waals surface area contributed by atoms with Gasteiger partial charge in [-0.3, -0.25) is 4.79 Å². The minimum Gasteiger partial charge on any atom is -0.394 e. The Labute approximate surface area is 618 Å².